The summed E-state index contributed by atoms with van der Waals surface area (Å²) >= 11 is 9.09. The average molecular weight is 302 g/mol. The molecule has 3 nitrogen and oxygen atoms in total. The molecule has 2 aliphatic rings. The van der Waals surface area contributed by atoms with E-state index in [2.05, 4.69) is 26.6 Å². The van der Waals surface area contributed by atoms with E-state index < -0.39 is 0 Å². The summed E-state index contributed by atoms with van der Waals surface area (Å²) in [5.74, 6) is 0.0537. The van der Waals surface area contributed by atoms with Crippen molar-refractivity contribution in [1.82, 2.24) is 10.6 Å². The van der Waals surface area contributed by atoms with Crippen LogP contribution in [0.5, 0.6) is 0 Å². The van der Waals surface area contributed by atoms with Gasteiger partial charge in [0.2, 0.25) is 0 Å². The molecule has 0 aromatic heterocycles. The molecule has 0 bridgehead atoms. The van der Waals surface area contributed by atoms with Crippen LogP contribution in [-0.2, 0) is 4.79 Å². The molecule has 2 atom stereocenters. The van der Waals surface area contributed by atoms with Gasteiger partial charge in [0.25, 0.3) is 0 Å². The molecule has 2 N–H and O–H groups in total. The molecule has 2 heterocycles. The fraction of sp³-hybridized carbons (Fsp3) is 0.182. The summed E-state index contributed by atoms with van der Waals surface area (Å²) in [6, 6.07) is -0.644. The maximum Gasteiger partial charge on any atom is 0.185 e. The summed E-state index contributed by atoms with van der Waals surface area (Å²) in [6.07, 6.45) is 10.5. The van der Waals surface area contributed by atoms with Crippen molar-refractivity contribution in [3.05, 3.63) is 46.2 Å². The topological polar surface area (TPSA) is 41.1 Å². The molecule has 2 aliphatic heterocycles. The van der Waals surface area contributed by atoms with Crippen LogP contribution in [0.15, 0.2) is 46.2 Å². The highest BCUT2D eigenvalue weighted by molar-refractivity contribution is 9.11. The number of carbonyl (C=O) groups is 1. The van der Waals surface area contributed by atoms with Crippen LogP contribution in [0.2, 0.25) is 0 Å². The van der Waals surface area contributed by atoms with Gasteiger partial charge in [-0.1, -0.05) is 33.6 Å². The molecular formula is C11H10BrClN2O. The average Bonchev–Trinajstić information content (AvgIpc) is 2.29. The van der Waals surface area contributed by atoms with Crippen molar-refractivity contribution < 1.29 is 4.79 Å². The van der Waals surface area contributed by atoms with E-state index in [0.717, 1.165) is 4.48 Å². The zero-order valence-electron chi connectivity index (χ0n) is 8.28. The third-order valence-electron chi connectivity index (χ3n) is 2.31. The van der Waals surface area contributed by atoms with Gasteiger partial charge in [-0.15, -0.1) is 0 Å². The standard InChI is InChI=1S/C11H10BrClN2O/c12-7-3-4-14-10(5-7)11(16)9-2-1-8(13)6-15-9/h1-6,9-10,14-15H. The highest BCUT2D eigenvalue weighted by Crippen LogP contribution is 2.15. The van der Waals surface area contributed by atoms with Crippen LogP contribution in [0.25, 0.3) is 0 Å². The highest BCUT2D eigenvalue weighted by Gasteiger charge is 2.24. The number of ketones is 1. The van der Waals surface area contributed by atoms with E-state index in [0.29, 0.717) is 5.03 Å². The number of hydrogen-bond donors (Lipinski definition) is 2. The summed E-state index contributed by atoms with van der Waals surface area (Å²) in [7, 11) is 0. The van der Waals surface area contributed by atoms with Gasteiger partial charge in [-0.05, 0) is 24.4 Å². The molecule has 16 heavy (non-hydrogen) atoms. The lowest BCUT2D eigenvalue weighted by molar-refractivity contribution is -0.120. The molecule has 2 unspecified atom stereocenters. The van der Waals surface area contributed by atoms with Gasteiger partial charge in [-0.25, -0.2) is 0 Å². The van der Waals surface area contributed by atoms with E-state index >= 15 is 0 Å². The van der Waals surface area contributed by atoms with Crippen LogP contribution in [0, 0.1) is 0 Å². The summed E-state index contributed by atoms with van der Waals surface area (Å²) in [5.41, 5.74) is 0. The molecule has 84 valence electrons. The van der Waals surface area contributed by atoms with Crippen LogP contribution in [0.3, 0.4) is 0 Å². The van der Waals surface area contributed by atoms with Gasteiger partial charge in [-0.3, -0.25) is 4.79 Å². The molecule has 0 spiro atoms. The monoisotopic (exact) mass is 300 g/mol. The zero-order valence-corrected chi connectivity index (χ0v) is 10.6. The van der Waals surface area contributed by atoms with Gasteiger partial charge in [-0.2, -0.15) is 0 Å². The quantitative estimate of drug-likeness (QED) is 0.819. The van der Waals surface area contributed by atoms with Gasteiger partial charge < -0.3 is 10.6 Å². The fourth-order valence-electron chi connectivity index (χ4n) is 1.49. The van der Waals surface area contributed by atoms with Crippen molar-refractivity contribution in [3.8, 4) is 0 Å². The van der Waals surface area contributed by atoms with E-state index in [1.807, 2.05) is 12.2 Å². The Morgan fingerprint density at radius 3 is 2.75 bits per heavy atom. The number of rotatable bonds is 2. The van der Waals surface area contributed by atoms with Crippen molar-refractivity contribution in [2.45, 2.75) is 12.1 Å². The lowest BCUT2D eigenvalue weighted by atomic mass is 10.0. The molecule has 0 amide bonds. The van der Waals surface area contributed by atoms with Crippen LogP contribution >= 0.6 is 27.5 Å². The predicted molar refractivity (Wildman–Crippen MR) is 68.1 cm³/mol. The Bertz CT molecular complexity index is 426. The summed E-state index contributed by atoms with van der Waals surface area (Å²) in [4.78, 5) is 12.1. The number of hydrogen-bond acceptors (Lipinski definition) is 3. The van der Waals surface area contributed by atoms with E-state index in [1.165, 1.54) is 0 Å². The lowest BCUT2D eigenvalue weighted by Crippen LogP contribution is -2.45. The Balaban J connectivity index is 2.04. The normalized spacial score (nSPS) is 27.6. The molecule has 0 saturated carbocycles. The van der Waals surface area contributed by atoms with E-state index in [1.54, 1.807) is 24.6 Å². The maximum absolute atomic E-state index is 12.1. The van der Waals surface area contributed by atoms with E-state index in [9.17, 15) is 4.79 Å². The first-order valence-electron chi connectivity index (χ1n) is 4.80. The smallest absolute Gasteiger partial charge is 0.185 e. The van der Waals surface area contributed by atoms with Crippen molar-refractivity contribution >= 4 is 33.3 Å². The van der Waals surface area contributed by atoms with E-state index in [4.69, 9.17) is 11.6 Å². The van der Waals surface area contributed by atoms with Gasteiger partial charge in [0.15, 0.2) is 5.78 Å². The molecule has 0 fully saturated rings. The molecule has 0 aromatic rings. The van der Waals surface area contributed by atoms with Gasteiger partial charge >= 0.3 is 0 Å². The Hall–Kier alpha value is -1.00. The second-order valence-corrected chi connectivity index (χ2v) is 4.82. The largest absolute Gasteiger partial charge is 0.378 e. The minimum absolute atomic E-state index is 0.0537. The molecule has 0 aromatic carbocycles. The number of halogens is 2. The van der Waals surface area contributed by atoms with Crippen molar-refractivity contribution in [2.24, 2.45) is 0 Å². The van der Waals surface area contributed by atoms with E-state index in [-0.39, 0.29) is 17.9 Å². The molecular weight excluding hydrogens is 291 g/mol. The first kappa shape index (κ1) is 11.5. The van der Waals surface area contributed by atoms with Crippen molar-refractivity contribution in [2.75, 3.05) is 0 Å². The Kier molecular flexibility index (Phi) is 3.51. The Morgan fingerprint density at radius 2 is 2.12 bits per heavy atom. The Labute approximate surface area is 107 Å². The fourth-order valence-corrected chi connectivity index (χ4v) is 2.02. The van der Waals surface area contributed by atoms with Gasteiger partial charge in [0.1, 0.15) is 12.1 Å². The summed E-state index contributed by atoms with van der Waals surface area (Å²) < 4.78 is 0.901. The number of nitrogens with one attached hydrogen (secondary N) is 2. The maximum atomic E-state index is 12.1. The minimum atomic E-state index is -0.331. The second kappa shape index (κ2) is 4.89. The van der Waals surface area contributed by atoms with Gasteiger partial charge in [0, 0.05) is 10.7 Å². The van der Waals surface area contributed by atoms with Crippen molar-refractivity contribution in [3.63, 3.8) is 0 Å². The summed E-state index contributed by atoms with van der Waals surface area (Å²) in [6.45, 7) is 0. The van der Waals surface area contributed by atoms with Crippen LogP contribution < -0.4 is 10.6 Å². The van der Waals surface area contributed by atoms with Crippen molar-refractivity contribution in [1.29, 1.82) is 0 Å². The lowest BCUT2D eigenvalue weighted by Gasteiger charge is -2.22. The molecule has 5 heteroatoms. The number of carbonyl (C=O) groups excluding carboxylic acids is 1. The Morgan fingerprint density at radius 1 is 1.31 bits per heavy atom. The SMILES string of the molecule is O=C(C1C=CC(Cl)=CN1)C1C=C(Br)C=CN1. The highest BCUT2D eigenvalue weighted by atomic mass is 79.9. The minimum Gasteiger partial charge on any atom is -0.378 e. The molecule has 0 radical (unpaired) electrons. The zero-order chi connectivity index (χ0) is 11.5. The predicted octanol–water partition coefficient (Wildman–Crippen LogP) is 1.93. The summed E-state index contributed by atoms with van der Waals surface area (Å²) in [5, 5.41) is 6.53. The second-order valence-electron chi connectivity index (χ2n) is 3.46. The number of Topliss-reactive ketones (excluding diaryl/α,β-unsaturated/α-hetero) is 1. The molecule has 2 rings (SSSR count). The third kappa shape index (κ3) is 2.57. The van der Waals surface area contributed by atoms with Crippen LogP contribution in [0.1, 0.15) is 0 Å². The van der Waals surface area contributed by atoms with Gasteiger partial charge in [0.05, 0.1) is 5.03 Å². The third-order valence-corrected chi connectivity index (χ3v) is 3.07. The molecule has 0 saturated heterocycles. The first-order valence-corrected chi connectivity index (χ1v) is 5.97. The van der Waals surface area contributed by atoms with Crippen LogP contribution in [-0.4, -0.2) is 17.9 Å². The first-order chi connectivity index (χ1) is 7.66. The van der Waals surface area contributed by atoms with Crippen LogP contribution in [0.4, 0.5) is 0 Å². The molecule has 0 aliphatic carbocycles. The number of allylic oxidation sites excluding steroid dienone is 4. The number of dihydropyridines is 2.